The van der Waals surface area contributed by atoms with E-state index >= 15 is 0 Å². The maximum atomic E-state index is 13.2. The number of aldehydes is 1. The molecule has 26 heavy (non-hydrogen) atoms. The third-order valence-corrected chi connectivity index (χ3v) is 5.04. The first-order chi connectivity index (χ1) is 11.8. The van der Waals surface area contributed by atoms with Crippen molar-refractivity contribution in [2.24, 2.45) is 16.9 Å². The normalized spacial score (nSPS) is 22.9. The molecule has 3 unspecified atom stereocenters. The van der Waals surface area contributed by atoms with Gasteiger partial charge in [-0.3, -0.25) is 14.5 Å². The Balaban J connectivity index is 2.87. The van der Waals surface area contributed by atoms with E-state index in [1.807, 2.05) is 0 Å². The second-order valence-electron chi connectivity index (χ2n) is 7.28. The van der Waals surface area contributed by atoms with Crippen molar-refractivity contribution >= 4 is 18.1 Å². The van der Waals surface area contributed by atoms with Crippen LogP contribution >= 0.6 is 0 Å². The SMILES string of the molecule is CN1C(CCN(CC(N)C=O)C(=O)C(C)(C)C(F)(F)F)CCC1C(N)=O. The fraction of sp³-hybridized carbons (Fsp3) is 0.812. The number of carbonyl (C=O) groups is 3. The number of nitrogens with zero attached hydrogens (tertiary/aromatic N) is 2. The van der Waals surface area contributed by atoms with Crippen LogP contribution in [0.4, 0.5) is 13.2 Å². The topological polar surface area (TPSA) is 110 Å². The summed E-state index contributed by atoms with van der Waals surface area (Å²) in [4.78, 5) is 37.4. The first-order valence-electron chi connectivity index (χ1n) is 8.41. The summed E-state index contributed by atoms with van der Waals surface area (Å²) in [6.07, 6.45) is -2.77. The minimum atomic E-state index is -4.73. The first kappa shape index (κ1) is 22.4. The summed E-state index contributed by atoms with van der Waals surface area (Å²) >= 11 is 0. The van der Waals surface area contributed by atoms with E-state index in [4.69, 9.17) is 11.5 Å². The zero-order valence-corrected chi connectivity index (χ0v) is 15.3. The van der Waals surface area contributed by atoms with Gasteiger partial charge < -0.3 is 21.2 Å². The Morgan fingerprint density at radius 1 is 1.31 bits per heavy atom. The van der Waals surface area contributed by atoms with E-state index in [0.29, 0.717) is 25.5 Å². The molecule has 10 heteroatoms. The lowest BCUT2D eigenvalue weighted by Gasteiger charge is -2.35. The Hall–Kier alpha value is -1.68. The van der Waals surface area contributed by atoms with Crippen molar-refractivity contribution in [2.45, 2.75) is 57.4 Å². The standard InChI is InChI=1S/C16H27F3N4O3/c1-15(2,16(17,18)19)14(26)23(8-10(20)9-24)7-6-11-4-5-12(13(21)25)22(11)3/h9-12H,4-8,20H2,1-3H3,(H2,21,25). The molecule has 0 aromatic rings. The number of rotatable bonds is 8. The van der Waals surface area contributed by atoms with Crippen LogP contribution in [0, 0.1) is 5.41 Å². The maximum Gasteiger partial charge on any atom is 0.402 e. The average Bonchev–Trinajstić information content (AvgIpc) is 2.90. The molecule has 7 nitrogen and oxygen atoms in total. The predicted molar refractivity (Wildman–Crippen MR) is 88.8 cm³/mol. The number of alkyl halides is 3. The number of carbonyl (C=O) groups excluding carboxylic acids is 3. The number of primary amides is 1. The molecule has 0 aromatic heterocycles. The van der Waals surface area contributed by atoms with Crippen LogP contribution in [0.5, 0.6) is 0 Å². The summed E-state index contributed by atoms with van der Waals surface area (Å²) in [6, 6.07) is -1.58. The minimum absolute atomic E-state index is 0.000369. The number of hydrogen-bond donors (Lipinski definition) is 2. The monoisotopic (exact) mass is 380 g/mol. The van der Waals surface area contributed by atoms with Crippen LogP contribution in [-0.2, 0) is 14.4 Å². The van der Waals surface area contributed by atoms with Gasteiger partial charge in [0.2, 0.25) is 11.8 Å². The first-order valence-corrected chi connectivity index (χ1v) is 8.41. The number of halogens is 3. The molecule has 4 N–H and O–H groups in total. The van der Waals surface area contributed by atoms with Gasteiger partial charge in [-0.05, 0) is 40.2 Å². The molecule has 1 heterocycles. The smallest absolute Gasteiger partial charge is 0.368 e. The summed E-state index contributed by atoms with van der Waals surface area (Å²) in [6.45, 7) is 1.32. The van der Waals surface area contributed by atoms with Crippen LogP contribution in [-0.4, -0.2) is 72.3 Å². The van der Waals surface area contributed by atoms with Gasteiger partial charge in [0.1, 0.15) is 11.7 Å². The quantitative estimate of drug-likeness (QED) is 0.588. The summed E-state index contributed by atoms with van der Waals surface area (Å²) in [5.74, 6) is -1.58. The summed E-state index contributed by atoms with van der Waals surface area (Å²) < 4.78 is 39.6. The molecule has 3 atom stereocenters. The van der Waals surface area contributed by atoms with Crippen molar-refractivity contribution in [3.8, 4) is 0 Å². The molecular weight excluding hydrogens is 353 g/mol. The zero-order valence-electron chi connectivity index (χ0n) is 15.3. The summed E-state index contributed by atoms with van der Waals surface area (Å²) in [5, 5.41) is 0. The van der Waals surface area contributed by atoms with Gasteiger partial charge in [-0.2, -0.15) is 13.2 Å². The molecule has 1 fully saturated rings. The highest BCUT2D eigenvalue weighted by atomic mass is 19.4. The molecule has 1 rings (SSSR count). The number of likely N-dealkylation sites (N-methyl/N-ethyl adjacent to an activating group) is 1. The second kappa shape index (κ2) is 8.34. The van der Waals surface area contributed by atoms with Crippen molar-refractivity contribution in [1.82, 2.24) is 9.80 Å². The lowest BCUT2D eigenvalue weighted by molar-refractivity contribution is -0.217. The van der Waals surface area contributed by atoms with Crippen LogP contribution in [0.2, 0.25) is 0 Å². The van der Waals surface area contributed by atoms with E-state index in [1.165, 1.54) is 0 Å². The van der Waals surface area contributed by atoms with E-state index in [9.17, 15) is 27.6 Å². The van der Waals surface area contributed by atoms with Gasteiger partial charge in [0, 0.05) is 19.1 Å². The van der Waals surface area contributed by atoms with E-state index in [-0.39, 0.29) is 19.1 Å². The molecule has 0 saturated carbocycles. The lowest BCUT2D eigenvalue weighted by atomic mass is 9.90. The Labute approximate surface area is 150 Å². The van der Waals surface area contributed by atoms with Crippen molar-refractivity contribution in [2.75, 3.05) is 20.1 Å². The number of hydrogen-bond acceptors (Lipinski definition) is 5. The molecule has 1 aliphatic heterocycles. The summed E-state index contributed by atoms with van der Waals surface area (Å²) in [5.41, 5.74) is 8.25. The van der Waals surface area contributed by atoms with Gasteiger partial charge >= 0.3 is 6.18 Å². The van der Waals surface area contributed by atoms with Crippen molar-refractivity contribution < 1.29 is 27.6 Å². The Bertz CT molecular complexity index is 539. The second-order valence-corrected chi connectivity index (χ2v) is 7.28. The molecule has 2 amide bonds. The van der Waals surface area contributed by atoms with Gasteiger partial charge in [0.15, 0.2) is 0 Å². The molecule has 0 aliphatic carbocycles. The largest absolute Gasteiger partial charge is 0.402 e. The minimum Gasteiger partial charge on any atom is -0.368 e. The number of nitrogens with two attached hydrogens (primary N) is 2. The molecule has 0 spiro atoms. The number of amides is 2. The zero-order chi connectivity index (χ0) is 20.3. The van der Waals surface area contributed by atoms with Crippen LogP contribution in [0.1, 0.15) is 33.1 Å². The van der Waals surface area contributed by atoms with Crippen LogP contribution in [0.15, 0.2) is 0 Å². The van der Waals surface area contributed by atoms with Crippen molar-refractivity contribution in [3.63, 3.8) is 0 Å². The lowest BCUT2D eigenvalue weighted by Crippen LogP contribution is -2.53. The van der Waals surface area contributed by atoms with E-state index < -0.39 is 35.5 Å². The third-order valence-electron chi connectivity index (χ3n) is 5.04. The van der Waals surface area contributed by atoms with Crippen LogP contribution in [0.25, 0.3) is 0 Å². The molecule has 150 valence electrons. The van der Waals surface area contributed by atoms with Gasteiger partial charge in [-0.1, -0.05) is 0 Å². The Morgan fingerprint density at radius 3 is 2.31 bits per heavy atom. The molecule has 1 saturated heterocycles. The highest BCUT2D eigenvalue weighted by molar-refractivity contribution is 5.83. The van der Waals surface area contributed by atoms with Crippen LogP contribution in [0.3, 0.4) is 0 Å². The maximum absolute atomic E-state index is 13.2. The van der Waals surface area contributed by atoms with Gasteiger partial charge in [0.05, 0.1) is 12.1 Å². The fourth-order valence-corrected chi connectivity index (χ4v) is 3.10. The van der Waals surface area contributed by atoms with E-state index in [2.05, 4.69) is 0 Å². The molecule has 0 aromatic carbocycles. The third kappa shape index (κ3) is 4.94. The number of likely N-dealkylation sites (tertiary alicyclic amines) is 1. The molecule has 0 bridgehead atoms. The van der Waals surface area contributed by atoms with E-state index in [0.717, 1.165) is 18.7 Å². The highest BCUT2D eigenvalue weighted by Gasteiger charge is 2.54. The van der Waals surface area contributed by atoms with E-state index in [1.54, 1.807) is 11.9 Å². The molecular formula is C16H27F3N4O3. The highest BCUT2D eigenvalue weighted by Crippen LogP contribution is 2.39. The summed E-state index contributed by atoms with van der Waals surface area (Å²) in [7, 11) is 1.72. The Kier molecular flexibility index (Phi) is 7.17. The molecule has 0 radical (unpaired) electrons. The van der Waals surface area contributed by atoms with Gasteiger partial charge in [0.25, 0.3) is 0 Å². The van der Waals surface area contributed by atoms with Gasteiger partial charge in [-0.25, -0.2) is 0 Å². The van der Waals surface area contributed by atoms with Crippen molar-refractivity contribution in [3.05, 3.63) is 0 Å². The van der Waals surface area contributed by atoms with Crippen LogP contribution < -0.4 is 11.5 Å². The Morgan fingerprint density at radius 2 is 1.88 bits per heavy atom. The average molecular weight is 380 g/mol. The van der Waals surface area contributed by atoms with Crippen molar-refractivity contribution in [1.29, 1.82) is 0 Å². The fourth-order valence-electron chi connectivity index (χ4n) is 3.10. The predicted octanol–water partition coefficient (Wildman–Crippen LogP) is 0.268. The van der Waals surface area contributed by atoms with Gasteiger partial charge in [-0.15, -0.1) is 0 Å². The molecule has 1 aliphatic rings.